The standard InChI is InChI=1S/C22H22ClN3OS/c1-15-4-3-5-19(14-15)25-10-12-26(13-11-25)22(27)20-16(2)24-21(28-20)17-6-8-18(23)9-7-17/h3-9,14H,10-13H2,1-2H3. The fourth-order valence-corrected chi connectivity index (χ4v) is 4.61. The Labute approximate surface area is 174 Å². The summed E-state index contributed by atoms with van der Waals surface area (Å²) < 4.78 is 0. The molecule has 0 bridgehead atoms. The van der Waals surface area contributed by atoms with Crippen LogP contribution in [0.1, 0.15) is 20.9 Å². The van der Waals surface area contributed by atoms with Gasteiger partial charge in [0.05, 0.1) is 5.69 Å². The highest BCUT2D eigenvalue weighted by atomic mass is 35.5. The fraction of sp³-hybridized carbons (Fsp3) is 0.273. The molecule has 0 aliphatic carbocycles. The number of aromatic nitrogens is 1. The second-order valence-electron chi connectivity index (χ2n) is 7.06. The zero-order chi connectivity index (χ0) is 19.7. The molecule has 2 heterocycles. The summed E-state index contributed by atoms with van der Waals surface area (Å²) in [5, 5.41) is 1.55. The van der Waals surface area contributed by atoms with Crippen molar-refractivity contribution in [1.29, 1.82) is 0 Å². The number of aryl methyl sites for hydroxylation is 2. The average molecular weight is 412 g/mol. The smallest absolute Gasteiger partial charge is 0.265 e. The van der Waals surface area contributed by atoms with Crippen LogP contribution < -0.4 is 4.90 Å². The van der Waals surface area contributed by atoms with Gasteiger partial charge in [-0.1, -0.05) is 35.9 Å². The van der Waals surface area contributed by atoms with Gasteiger partial charge in [0.15, 0.2) is 0 Å². The Morgan fingerprint density at radius 2 is 1.75 bits per heavy atom. The Bertz CT molecular complexity index is 991. The zero-order valence-electron chi connectivity index (χ0n) is 16.0. The quantitative estimate of drug-likeness (QED) is 0.605. The number of thiazole rings is 1. The molecule has 1 amide bonds. The first-order chi connectivity index (χ1) is 13.5. The van der Waals surface area contributed by atoms with Gasteiger partial charge in [0, 0.05) is 42.5 Å². The highest BCUT2D eigenvalue weighted by Gasteiger charge is 2.25. The molecular weight excluding hydrogens is 390 g/mol. The largest absolute Gasteiger partial charge is 0.368 e. The van der Waals surface area contributed by atoms with E-state index in [9.17, 15) is 4.79 Å². The van der Waals surface area contributed by atoms with Crippen LogP contribution in [0, 0.1) is 13.8 Å². The minimum Gasteiger partial charge on any atom is -0.368 e. The Balaban J connectivity index is 1.46. The molecule has 0 N–H and O–H groups in total. The van der Waals surface area contributed by atoms with Crippen molar-refractivity contribution in [2.45, 2.75) is 13.8 Å². The van der Waals surface area contributed by atoms with Crippen LogP contribution in [0.5, 0.6) is 0 Å². The van der Waals surface area contributed by atoms with Gasteiger partial charge in [-0.25, -0.2) is 4.98 Å². The lowest BCUT2D eigenvalue weighted by Crippen LogP contribution is -2.48. The molecule has 6 heteroatoms. The average Bonchev–Trinajstić information content (AvgIpc) is 3.10. The first kappa shape index (κ1) is 19.0. The van der Waals surface area contributed by atoms with E-state index in [1.807, 2.05) is 36.1 Å². The number of hydrogen-bond donors (Lipinski definition) is 0. The lowest BCUT2D eigenvalue weighted by molar-refractivity contribution is 0.0750. The Kier molecular flexibility index (Phi) is 5.38. The van der Waals surface area contributed by atoms with E-state index in [4.69, 9.17) is 11.6 Å². The van der Waals surface area contributed by atoms with Crippen molar-refractivity contribution < 1.29 is 4.79 Å². The number of halogens is 1. The van der Waals surface area contributed by atoms with Crippen LogP contribution >= 0.6 is 22.9 Å². The summed E-state index contributed by atoms with van der Waals surface area (Å²) in [5.74, 6) is 0.0825. The summed E-state index contributed by atoms with van der Waals surface area (Å²) in [6.07, 6.45) is 0. The molecule has 28 heavy (non-hydrogen) atoms. The molecule has 0 radical (unpaired) electrons. The molecule has 0 atom stereocenters. The molecule has 0 saturated carbocycles. The number of benzene rings is 2. The summed E-state index contributed by atoms with van der Waals surface area (Å²) in [7, 11) is 0. The molecule has 0 spiro atoms. The van der Waals surface area contributed by atoms with E-state index in [1.54, 1.807) is 0 Å². The molecule has 3 aromatic rings. The van der Waals surface area contributed by atoms with Crippen molar-refractivity contribution in [3.63, 3.8) is 0 Å². The van der Waals surface area contributed by atoms with Crippen LogP contribution in [0.25, 0.3) is 10.6 Å². The van der Waals surface area contributed by atoms with Crippen LogP contribution in [-0.4, -0.2) is 42.0 Å². The number of hydrogen-bond acceptors (Lipinski definition) is 4. The molecule has 1 saturated heterocycles. The van der Waals surface area contributed by atoms with E-state index in [0.29, 0.717) is 5.02 Å². The van der Waals surface area contributed by atoms with Gasteiger partial charge in [-0.15, -0.1) is 11.3 Å². The number of amides is 1. The second kappa shape index (κ2) is 7.94. The van der Waals surface area contributed by atoms with Crippen LogP contribution in [0.2, 0.25) is 5.02 Å². The van der Waals surface area contributed by atoms with Gasteiger partial charge < -0.3 is 9.80 Å². The topological polar surface area (TPSA) is 36.4 Å². The third kappa shape index (κ3) is 3.91. The summed E-state index contributed by atoms with van der Waals surface area (Å²) in [6.45, 7) is 7.15. The van der Waals surface area contributed by atoms with Gasteiger partial charge in [-0.05, 0) is 43.7 Å². The fourth-order valence-electron chi connectivity index (χ4n) is 3.45. The number of carbonyl (C=O) groups is 1. The number of nitrogens with zero attached hydrogens (tertiary/aromatic N) is 3. The SMILES string of the molecule is Cc1cccc(N2CCN(C(=O)c3sc(-c4ccc(Cl)cc4)nc3C)CC2)c1. The number of piperazine rings is 1. The van der Waals surface area contributed by atoms with E-state index < -0.39 is 0 Å². The third-order valence-corrected chi connectivity index (χ3v) is 6.46. The van der Waals surface area contributed by atoms with Gasteiger partial charge >= 0.3 is 0 Å². The van der Waals surface area contributed by atoms with E-state index in [2.05, 4.69) is 41.1 Å². The number of carbonyl (C=O) groups excluding carboxylic acids is 1. The minimum atomic E-state index is 0.0825. The van der Waals surface area contributed by atoms with Crippen molar-refractivity contribution in [2.75, 3.05) is 31.1 Å². The first-order valence-electron chi connectivity index (χ1n) is 9.35. The third-order valence-electron chi connectivity index (χ3n) is 5.02. The maximum absolute atomic E-state index is 13.1. The lowest BCUT2D eigenvalue weighted by Gasteiger charge is -2.36. The number of anilines is 1. The summed E-state index contributed by atoms with van der Waals surface area (Å²) in [4.78, 5) is 22.7. The zero-order valence-corrected chi connectivity index (χ0v) is 17.6. The summed E-state index contributed by atoms with van der Waals surface area (Å²) in [5.41, 5.74) is 4.26. The molecule has 1 fully saturated rings. The van der Waals surface area contributed by atoms with E-state index in [1.165, 1.54) is 22.6 Å². The Morgan fingerprint density at radius 1 is 1.04 bits per heavy atom. The lowest BCUT2D eigenvalue weighted by atomic mass is 10.2. The van der Waals surface area contributed by atoms with E-state index in [0.717, 1.165) is 47.3 Å². The molecule has 4 nitrogen and oxygen atoms in total. The predicted molar refractivity (Wildman–Crippen MR) is 117 cm³/mol. The van der Waals surface area contributed by atoms with Crippen LogP contribution in [-0.2, 0) is 0 Å². The predicted octanol–water partition coefficient (Wildman–Crippen LogP) is 5.04. The Hall–Kier alpha value is -2.37. The summed E-state index contributed by atoms with van der Waals surface area (Å²) >= 11 is 7.43. The van der Waals surface area contributed by atoms with Crippen molar-refractivity contribution in [3.8, 4) is 10.6 Å². The first-order valence-corrected chi connectivity index (χ1v) is 10.5. The summed E-state index contributed by atoms with van der Waals surface area (Å²) in [6, 6.07) is 16.1. The molecule has 4 rings (SSSR count). The highest BCUT2D eigenvalue weighted by Crippen LogP contribution is 2.30. The van der Waals surface area contributed by atoms with Crippen molar-refractivity contribution in [1.82, 2.24) is 9.88 Å². The van der Waals surface area contributed by atoms with Gasteiger partial charge in [-0.2, -0.15) is 0 Å². The monoisotopic (exact) mass is 411 g/mol. The molecule has 1 aliphatic heterocycles. The molecule has 1 aliphatic rings. The van der Waals surface area contributed by atoms with Crippen molar-refractivity contribution >= 4 is 34.5 Å². The molecule has 1 aromatic heterocycles. The van der Waals surface area contributed by atoms with Gasteiger partial charge in [-0.3, -0.25) is 4.79 Å². The Morgan fingerprint density at radius 3 is 2.43 bits per heavy atom. The van der Waals surface area contributed by atoms with Crippen LogP contribution in [0.15, 0.2) is 48.5 Å². The van der Waals surface area contributed by atoms with E-state index >= 15 is 0 Å². The number of rotatable bonds is 3. The molecular formula is C22H22ClN3OS. The highest BCUT2D eigenvalue weighted by molar-refractivity contribution is 7.17. The molecule has 144 valence electrons. The van der Waals surface area contributed by atoms with Crippen LogP contribution in [0.4, 0.5) is 5.69 Å². The maximum Gasteiger partial charge on any atom is 0.265 e. The molecule has 2 aromatic carbocycles. The van der Waals surface area contributed by atoms with Crippen molar-refractivity contribution in [3.05, 3.63) is 69.7 Å². The van der Waals surface area contributed by atoms with Gasteiger partial charge in [0.25, 0.3) is 5.91 Å². The molecule has 0 unspecified atom stereocenters. The van der Waals surface area contributed by atoms with Crippen molar-refractivity contribution in [2.24, 2.45) is 0 Å². The van der Waals surface area contributed by atoms with Gasteiger partial charge in [0.1, 0.15) is 9.88 Å². The van der Waals surface area contributed by atoms with Gasteiger partial charge in [0.2, 0.25) is 0 Å². The van der Waals surface area contributed by atoms with E-state index in [-0.39, 0.29) is 5.91 Å². The minimum absolute atomic E-state index is 0.0825. The normalized spacial score (nSPS) is 14.4. The van der Waals surface area contributed by atoms with Crippen LogP contribution in [0.3, 0.4) is 0 Å². The maximum atomic E-state index is 13.1. The second-order valence-corrected chi connectivity index (χ2v) is 8.49.